The molecule has 1 fully saturated rings. The van der Waals surface area contributed by atoms with E-state index in [1.165, 1.54) is 5.01 Å². The third-order valence-electron chi connectivity index (χ3n) is 4.18. The fraction of sp³-hybridized carbons (Fsp3) is 0.800. The number of aliphatic carboxylic acids is 1. The summed E-state index contributed by atoms with van der Waals surface area (Å²) in [4.78, 5) is 34.0. The zero-order valence-corrected chi connectivity index (χ0v) is 13.8. The monoisotopic (exact) mass is 329 g/mol. The van der Waals surface area contributed by atoms with Crippen LogP contribution in [0.3, 0.4) is 0 Å². The number of carboxylic acid groups (broad SMARTS) is 1. The smallest absolute Gasteiger partial charge is 0.319 e. The molecule has 23 heavy (non-hydrogen) atoms. The second-order valence-corrected chi connectivity index (χ2v) is 6.40. The molecule has 0 unspecified atom stereocenters. The lowest BCUT2D eigenvalue weighted by Crippen LogP contribution is -2.52. The SMILES string of the molecule is CC(C)N(CC(=O)O)NC(=O)[C@H](CC1CCCC1)CN(O)C=O. The Bertz CT molecular complexity index is 410. The van der Waals surface area contributed by atoms with E-state index in [1.807, 2.05) is 0 Å². The molecule has 0 aliphatic heterocycles. The molecule has 0 saturated heterocycles. The molecule has 0 bridgehead atoms. The minimum atomic E-state index is -1.04. The highest BCUT2D eigenvalue weighted by molar-refractivity contribution is 5.79. The molecule has 132 valence electrons. The van der Waals surface area contributed by atoms with E-state index >= 15 is 0 Å². The normalized spacial score (nSPS) is 16.6. The summed E-state index contributed by atoms with van der Waals surface area (Å²) in [6, 6.07) is -0.182. The highest BCUT2D eigenvalue weighted by Crippen LogP contribution is 2.30. The number of nitrogens with zero attached hydrogens (tertiary/aromatic N) is 2. The number of hydrazine groups is 1. The van der Waals surface area contributed by atoms with E-state index in [0.29, 0.717) is 17.4 Å². The maximum Gasteiger partial charge on any atom is 0.319 e. The number of hydrogen-bond donors (Lipinski definition) is 3. The first-order valence-electron chi connectivity index (χ1n) is 8.03. The van der Waals surface area contributed by atoms with E-state index in [2.05, 4.69) is 5.43 Å². The molecule has 0 spiro atoms. The first-order valence-corrected chi connectivity index (χ1v) is 8.03. The van der Waals surface area contributed by atoms with Crippen LogP contribution in [-0.4, -0.2) is 57.8 Å². The second kappa shape index (κ2) is 9.46. The van der Waals surface area contributed by atoms with Gasteiger partial charge in [-0.2, -0.15) is 0 Å². The summed E-state index contributed by atoms with van der Waals surface area (Å²) in [5.41, 5.74) is 2.61. The molecular weight excluding hydrogens is 302 g/mol. The van der Waals surface area contributed by atoms with E-state index in [9.17, 15) is 19.6 Å². The van der Waals surface area contributed by atoms with Crippen LogP contribution in [0, 0.1) is 11.8 Å². The lowest BCUT2D eigenvalue weighted by molar-refractivity contribution is -0.156. The highest BCUT2D eigenvalue weighted by Gasteiger charge is 2.28. The average Bonchev–Trinajstić information content (AvgIpc) is 2.97. The van der Waals surface area contributed by atoms with Crippen LogP contribution in [0.15, 0.2) is 0 Å². The van der Waals surface area contributed by atoms with Crippen molar-refractivity contribution in [3.8, 4) is 0 Å². The van der Waals surface area contributed by atoms with E-state index in [0.717, 1.165) is 25.7 Å². The molecule has 0 aromatic rings. The number of hydroxylamine groups is 2. The van der Waals surface area contributed by atoms with Gasteiger partial charge in [-0.05, 0) is 26.2 Å². The van der Waals surface area contributed by atoms with Crippen molar-refractivity contribution in [2.75, 3.05) is 13.1 Å². The quantitative estimate of drug-likeness (QED) is 0.311. The van der Waals surface area contributed by atoms with Crippen LogP contribution < -0.4 is 5.43 Å². The Kier molecular flexibility index (Phi) is 7.97. The van der Waals surface area contributed by atoms with Gasteiger partial charge in [-0.15, -0.1) is 0 Å². The number of hydrogen-bond acceptors (Lipinski definition) is 5. The largest absolute Gasteiger partial charge is 0.480 e. The molecule has 8 nitrogen and oxygen atoms in total. The van der Waals surface area contributed by atoms with Crippen LogP contribution in [0.25, 0.3) is 0 Å². The van der Waals surface area contributed by atoms with E-state index in [-0.39, 0.29) is 31.4 Å². The lowest BCUT2D eigenvalue weighted by atomic mass is 9.92. The Labute approximate surface area is 136 Å². The molecule has 8 heteroatoms. The van der Waals surface area contributed by atoms with Crippen LogP contribution in [0.2, 0.25) is 0 Å². The molecule has 2 amide bonds. The van der Waals surface area contributed by atoms with Gasteiger partial charge in [-0.25, -0.2) is 10.1 Å². The van der Waals surface area contributed by atoms with Crippen molar-refractivity contribution in [3.63, 3.8) is 0 Å². The number of amides is 2. The summed E-state index contributed by atoms with van der Waals surface area (Å²) >= 11 is 0. The van der Waals surface area contributed by atoms with Crippen molar-refractivity contribution >= 4 is 18.3 Å². The number of carbonyl (C=O) groups is 3. The lowest BCUT2D eigenvalue weighted by Gasteiger charge is -2.29. The average molecular weight is 329 g/mol. The third-order valence-corrected chi connectivity index (χ3v) is 4.18. The fourth-order valence-corrected chi connectivity index (χ4v) is 2.91. The first kappa shape index (κ1) is 19.4. The molecule has 0 heterocycles. The Balaban J connectivity index is 2.70. The molecule has 1 atom stereocenters. The van der Waals surface area contributed by atoms with Gasteiger partial charge in [0.1, 0.15) is 6.54 Å². The number of nitrogens with one attached hydrogen (secondary N) is 1. The van der Waals surface area contributed by atoms with Crippen LogP contribution in [0.5, 0.6) is 0 Å². The van der Waals surface area contributed by atoms with Gasteiger partial charge in [0.15, 0.2) is 0 Å². The van der Waals surface area contributed by atoms with Crippen molar-refractivity contribution < 1.29 is 24.7 Å². The minimum absolute atomic E-state index is 0.0924. The van der Waals surface area contributed by atoms with Crippen molar-refractivity contribution in [1.82, 2.24) is 15.5 Å². The van der Waals surface area contributed by atoms with Crippen LogP contribution in [0.4, 0.5) is 0 Å². The molecule has 0 aromatic carbocycles. The summed E-state index contributed by atoms with van der Waals surface area (Å²) in [7, 11) is 0. The zero-order valence-electron chi connectivity index (χ0n) is 13.8. The van der Waals surface area contributed by atoms with Gasteiger partial charge >= 0.3 is 5.97 Å². The third kappa shape index (κ3) is 6.96. The molecule has 1 aliphatic carbocycles. The summed E-state index contributed by atoms with van der Waals surface area (Å²) in [6.45, 7) is 3.15. The Morgan fingerprint density at radius 3 is 2.39 bits per heavy atom. The van der Waals surface area contributed by atoms with Crippen LogP contribution >= 0.6 is 0 Å². The van der Waals surface area contributed by atoms with Crippen molar-refractivity contribution in [2.24, 2.45) is 11.8 Å². The van der Waals surface area contributed by atoms with Gasteiger partial charge in [0.25, 0.3) is 0 Å². The molecule has 0 aromatic heterocycles. The number of carbonyl (C=O) groups excluding carboxylic acids is 2. The van der Waals surface area contributed by atoms with Crippen molar-refractivity contribution in [1.29, 1.82) is 0 Å². The predicted molar refractivity (Wildman–Crippen MR) is 82.2 cm³/mol. The van der Waals surface area contributed by atoms with Gasteiger partial charge in [0.2, 0.25) is 12.3 Å². The predicted octanol–water partition coefficient (Wildman–Crippen LogP) is 0.857. The highest BCUT2D eigenvalue weighted by atomic mass is 16.5. The summed E-state index contributed by atoms with van der Waals surface area (Å²) in [6.07, 6.45) is 5.19. The molecular formula is C15H27N3O5. The van der Waals surface area contributed by atoms with E-state index in [1.54, 1.807) is 13.8 Å². The van der Waals surface area contributed by atoms with E-state index in [4.69, 9.17) is 5.11 Å². The Morgan fingerprint density at radius 1 is 1.30 bits per heavy atom. The van der Waals surface area contributed by atoms with E-state index < -0.39 is 11.9 Å². The van der Waals surface area contributed by atoms with Crippen molar-refractivity contribution in [3.05, 3.63) is 0 Å². The van der Waals surface area contributed by atoms with Gasteiger partial charge in [0.05, 0.1) is 12.5 Å². The van der Waals surface area contributed by atoms with Gasteiger partial charge in [0, 0.05) is 6.04 Å². The molecule has 3 N–H and O–H groups in total. The van der Waals surface area contributed by atoms with Gasteiger partial charge in [-0.3, -0.25) is 25.0 Å². The standard InChI is InChI=1S/C15H27N3O5/c1-11(2)18(9-14(20)21)16-15(22)13(8-17(23)10-19)7-12-5-3-4-6-12/h10-13,23H,3-9H2,1-2H3,(H,16,22)(H,20,21)/t13-/m1/s1. The van der Waals surface area contributed by atoms with Crippen molar-refractivity contribution in [2.45, 2.75) is 52.0 Å². The first-order chi connectivity index (χ1) is 10.8. The fourth-order valence-electron chi connectivity index (χ4n) is 2.91. The zero-order chi connectivity index (χ0) is 17.4. The molecule has 0 radical (unpaired) electrons. The maximum absolute atomic E-state index is 12.5. The number of rotatable bonds is 10. The number of carboxylic acids is 1. The van der Waals surface area contributed by atoms with Crippen LogP contribution in [0.1, 0.15) is 46.0 Å². The summed E-state index contributed by atoms with van der Waals surface area (Å²) in [5, 5.41) is 20.1. The molecule has 1 rings (SSSR count). The van der Waals surface area contributed by atoms with Crippen LogP contribution in [-0.2, 0) is 14.4 Å². The topological polar surface area (TPSA) is 110 Å². The van der Waals surface area contributed by atoms with Gasteiger partial charge < -0.3 is 5.11 Å². The second-order valence-electron chi connectivity index (χ2n) is 6.40. The van der Waals surface area contributed by atoms with Gasteiger partial charge in [-0.1, -0.05) is 25.7 Å². The molecule has 1 saturated carbocycles. The summed E-state index contributed by atoms with van der Waals surface area (Å²) in [5.74, 6) is -1.57. The maximum atomic E-state index is 12.5. The Morgan fingerprint density at radius 2 is 1.91 bits per heavy atom. The minimum Gasteiger partial charge on any atom is -0.480 e. The molecule has 1 aliphatic rings. The summed E-state index contributed by atoms with van der Waals surface area (Å²) < 4.78 is 0. The Hall–Kier alpha value is -1.67.